The number of aromatic nitrogens is 2. The molecule has 1 aromatic carbocycles. The summed E-state index contributed by atoms with van der Waals surface area (Å²) < 4.78 is 12.6. The lowest BCUT2D eigenvalue weighted by Crippen LogP contribution is -1.94. The number of ketones is 1. The molecule has 80 valence electrons. The summed E-state index contributed by atoms with van der Waals surface area (Å²) in [6, 6.07) is 6.93. The first-order valence-corrected chi connectivity index (χ1v) is 4.76. The zero-order valence-electron chi connectivity index (χ0n) is 8.64. The van der Waals surface area contributed by atoms with Gasteiger partial charge < -0.3 is 0 Å². The van der Waals surface area contributed by atoms with E-state index >= 15 is 0 Å². The number of nitrogens with zero attached hydrogens (tertiary/aromatic N) is 2. The van der Waals surface area contributed by atoms with Crippen molar-refractivity contribution in [1.82, 2.24) is 9.97 Å². The second kappa shape index (κ2) is 4.18. The molecule has 4 heteroatoms. The van der Waals surface area contributed by atoms with Gasteiger partial charge in [0.1, 0.15) is 0 Å². The van der Waals surface area contributed by atoms with Gasteiger partial charge in [0.15, 0.2) is 17.4 Å². The van der Waals surface area contributed by atoms with Crippen LogP contribution in [0.2, 0.25) is 0 Å². The van der Waals surface area contributed by atoms with E-state index in [-0.39, 0.29) is 5.78 Å². The van der Waals surface area contributed by atoms with E-state index < -0.39 is 5.82 Å². The minimum absolute atomic E-state index is 0.0241. The predicted octanol–water partition coefficient (Wildman–Crippen LogP) is 2.49. The quantitative estimate of drug-likeness (QED) is 0.724. The molecule has 0 saturated heterocycles. The van der Waals surface area contributed by atoms with Gasteiger partial charge in [-0.25, -0.2) is 14.4 Å². The van der Waals surface area contributed by atoms with E-state index in [1.165, 1.54) is 6.92 Å². The fourth-order valence-corrected chi connectivity index (χ4v) is 1.34. The van der Waals surface area contributed by atoms with Crippen LogP contribution in [0.4, 0.5) is 4.39 Å². The van der Waals surface area contributed by atoms with Crippen LogP contribution in [0, 0.1) is 5.82 Å². The maximum Gasteiger partial charge on any atom is 0.159 e. The van der Waals surface area contributed by atoms with Crippen LogP contribution >= 0.6 is 0 Å². The van der Waals surface area contributed by atoms with Crippen molar-refractivity contribution in [3.8, 4) is 11.4 Å². The van der Waals surface area contributed by atoms with Crippen molar-refractivity contribution in [2.24, 2.45) is 0 Å². The van der Waals surface area contributed by atoms with Gasteiger partial charge in [0, 0.05) is 11.1 Å². The monoisotopic (exact) mass is 216 g/mol. The van der Waals surface area contributed by atoms with Gasteiger partial charge in [-0.15, -0.1) is 0 Å². The lowest BCUT2D eigenvalue weighted by atomic mass is 10.1. The molecule has 0 N–H and O–H groups in total. The Morgan fingerprint density at radius 2 is 1.94 bits per heavy atom. The lowest BCUT2D eigenvalue weighted by molar-refractivity contribution is 0.101. The highest BCUT2D eigenvalue weighted by atomic mass is 19.1. The third-order valence-electron chi connectivity index (χ3n) is 2.15. The molecule has 3 nitrogen and oxygen atoms in total. The van der Waals surface area contributed by atoms with Gasteiger partial charge in [-0.2, -0.15) is 0 Å². The van der Waals surface area contributed by atoms with Crippen molar-refractivity contribution < 1.29 is 9.18 Å². The molecular weight excluding hydrogens is 207 g/mol. The Balaban J connectivity index is 2.44. The second-order valence-corrected chi connectivity index (χ2v) is 3.36. The summed E-state index contributed by atoms with van der Waals surface area (Å²) in [6.07, 6.45) is 2.20. The number of Topliss-reactive ketones (excluding diaryl/α,β-unsaturated/α-hetero) is 1. The number of hydrogen-bond acceptors (Lipinski definition) is 3. The number of halogens is 1. The summed E-state index contributed by atoms with van der Waals surface area (Å²) in [5.74, 6) is -0.0973. The third kappa shape index (κ3) is 2.11. The molecule has 0 bridgehead atoms. The van der Waals surface area contributed by atoms with Crippen LogP contribution in [-0.4, -0.2) is 15.8 Å². The fourth-order valence-electron chi connectivity index (χ4n) is 1.34. The summed E-state index contributed by atoms with van der Waals surface area (Å²) in [4.78, 5) is 18.9. The summed E-state index contributed by atoms with van der Waals surface area (Å²) in [6.45, 7) is 1.49. The largest absolute Gasteiger partial charge is 0.295 e. The molecule has 0 spiro atoms. The molecule has 0 aliphatic rings. The Morgan fingerprint density at radius 3 is 2.56 bits per heavy atom. The van der Waals surface area contributed by atoms with Crippen LogP contribution in [-0.2, 0) is 0 Å². The van der Waals surface area contributed by atoms with Gasteiger partial charge >= 0.3 is 0 Å². The number of rotatable bonds is 2. The smallest absolute Gasteiger partial charge is 0.159 e. The van der Waals surface area contributed by atoms with Crippen molar-refractivity contribution in [2.45, 2.75) is 6.92 Å². The van der Waals surface area contributed by atoms with E-state index in [1.54, 1.807) is 24.3 Å². The van der Waals surface area contributed by atoms with Crippen LogP contribution < -0.4 is 0 Å². The molecule has 2 rings (SSSR count). The van der Waals surface area contributed by atoms with Crippen LogP contribution in [0.5, 0.6) is 0 Å². The second-order valence-electron chi connectivity index (χ2n) is 3.36. The molecule has 1 heterocycles. The Bertz CT molecular complexity index is 523. The molecule has 2 aromatic rings. The van der Waals surface area contributed by atoms with Gasteiger partial charge in [0.05, 0.1) is 12.4 Å². The molecule has 16 heavy (non-hydrogen) atoms. The molecule has 0 atom stereocenters. The van der Waals surface area contributed by atoms with Crippen LogP contribution in [0.1, 0.15) is 17.3 Å². The molecule has 0 amide bonds. The maximum absolute atomic E-state index is 12.6. The topological polar surface area (TPSA) is 42.9 Å². The summed E-state index contributed by atoms with van der Waals surface area (Å²) in [7, 11) is 0. The summed E-state index contributed by atoms with van der Waals surface area (Å²) in [5, 5.41) is 0. The minimum Gasteiger partial charge on any atom is -0.295 e. The van der Waals surface area contributed by atoms with E-state index in [0.717, 1.165) is 12.4 Å². The van der Waals surface area contributed by atoms with Gasteiger partial charge in [-0.3, -0.25) is 4.79 Å². The Hall–Kier alpha value is -2.10. The standard InChI is InChI=1S/C12H9FN2O/c1-8(16)9-3-2-4-10(5-9)12-14-6-11(13)7-15-12/h2-7H,1H3. The van der Waals surface area contributed by atoms with E-state index in [1.807, 2.05) is 0 Å². The molecule has 0 aliphatic carbocycles. The number of benzene rings is 1. The average Bonchev–Trinajstić information content (AvgIpc) is 2.30. The zero-order chi connectivity index (χ0) is 11.5. The van der Waals surface area contributed by atoms with E-state index in [9.17, 15) is 9.18 Å². The first-order valence-electron chi connectivity index (χ1n) is 4.76. The molecule has 1 aromatic heterocycles. The highest BCUT2D eigenvalue weighted by Gasteiger charge is 2.04. The van der Waals surface area contributed by atoms with Gasteiger partial charge in [0.25, 0.3) is 0 Å². The van der Waals surface area contributed by atoms with Gasteiger partial charge in [0.2, 0.25) is 0 Å². The molecule has 0 saturated carbocycles. The van der Waals surface area contributed by atoms with Crippen molar-refractivity contribution in [3.05, 3.63) is 48.0 Å². The first kappa shape index (κ1) is 10.4. The molecular formula is C12H9FN2O. The highest BCUT2D eigenvalue weighted by Crippen LogP contribution is 2.16. The number of carbonyl (C=O) groups is 1. The fraction of sp³-hybridized carbons (Fsp3) is 0.0833. The van der Waals surface area contributed by atoms with Gasteiger partial charge in [-0.05, 0) is 13.0 Å². The van der Waals surface area contributed by atoms with Crippen LogP contribution in [0.3, 0.4) is 0 Å². The Morgan fingerprint density at radius 1 is 1.25 bits per heavy atom. The van der Waals surface area contributed by atoms with E-state index in [2.05, 4.69) is 9.97 Å². The Kier molecular flexibility index (Phi) is 2.72. The lowest BCUT2D eigenvalue weighted by Gasteiger charge is -2.01. The third-order valence-corrected chi connectivity index (χ3v) is 2.15. The van der Waals surface area contributed by atoms with Crippen molar-refractivity contribution in [1.29, 1.82) is 0 Å². The minimum atomic E-state index is -0.480. The molecule has 0 aliphatic heterocycles. The average molecular weight is 216 g/mol. The number of carbonyl (C=O) groups excluding carboxylic acids is 1. The predicted molar refractivity (Wildman–Crippen MR) is 57.4 cm³/mol. The van der Waals surface area contributed by atoms with Crippen molar-refractivity contribution in [2.75, 3.05) is 0 Å². The summed E-state index contributed by atoms with van der Waals surface area (Å²) in [5.41, 5.74) is 1.29. The van der Waals surface area contributed by atoms with Crippen LogP contribution in [0.15, 0.2) is 36.7 Å². The van der Waals surface area contributed by atoms with Crippen molar-refractivity contribution >= 4 is 5.78 Å². The van der Waals surface area contributed by atoms with E-state index in [0.29, 0.717) is 17.0 Å². The van der Waals surface area contributed by atoms with E-state index in [4.69, 9.17) is 0 Å². The normalized spacial score (nSPS) is 10.1. The summed E-state index contributed by atoms with van der Waals surface area (Å²) >= 11 is 0. The highest BCUT2D eigenvalue weighted by molar-refractivity contribution is 5.95. The molecule has 0 radical (unpaired) electrons. The zero-order valence-corrected chi connectivity index (χ0v) is 8.64. The Labute approximate surface area is 92.0 Å². The number of hydrogen-bond donors (Lipinski definition) is 0. The van der Waals surface area contributed by atoms with Crippen LogP contribution in [0.25, 0.3) is 11.4 Å². The first-order chi connectivity index (χ1) is 7.66. The SMILES string of the molecule is CC(=O)c1cccc(-c2ncc(F)cn2)c1. The van der Waals surface area contributed by atoms with Crippen molar-refractivity contribution in [3.63, 3.8) is 0 Å². The van der Waals surface area contributed by atoms with Gasteiger partial charge in [-0.1, -0.05) is 18.2 Å². The maximum atomic E-state index is 12.6. The molecule has 0 fully saturated rings. The molecule has 0 unspecified atom stereocenters.